The Morgan fingerprint density at radius 1 is 1.10 bits per heavy atom. The zero-order chi connectivity index (χ0) is 14.8. The van der Waals surface area contributed by atoms with Gasteiger partial charge in [0.1, 0.15) is 0 Å². The van der Waals surface area contributed by atoms with E-state index < -0.39 is 0 Å². The third-order valence-electron chi connectivity index (χ3n) is 3.45. The molecule has 20 heavy (non-hydrogen) atoms. The number of nitrogens with zero attached hydrogens (tertiary/aromatic N) is 2. The summed E-state index contributed by atoms with van der Waals surface area (Å²) in [5.41, 5.74) is 1.03. The Labute approximate surface area is 126 Å². The first-order valence-corrected chi connectivity index (χ1v) is 7.50. The summed E-state index contributed by atoms with van der Waals surface area (Å²) < 4.78 is 0. The molecule has 1 saturated heterocycles. The predicted molar refractivity (Wildman–Crippen MR) is 83.3 cm³/mol. The molecule has 3 nitrogen and oxygen atoms in total. The van der Waals surface area contributed by atoms with E-state index in [2.05, 4.69) is 25.7 Å². The van der Waals surface area contributed by atoms with Gasteiger partial charge in [-0.25, -0.2) is 0 Å². The van der Waals surface area contributed by atoms with Crippen LogP contribution in [-0.4, -0.2) is 48.4 Å². The SMILES string of the molecule is CC(C)(C)CN1CCN(C(=O)c2ccc(Cl)cc2)CC1. The second-order valence-corrected chi connectivity index (χ2v) is 7.07. The lowest BCUT2D eigenvalue weighted by Crippen LogP contribution is -2.50. The summed E-state index contributed by atoms with van der Waals surface area (Å²) in [5.74, 6) is 0.108. The van der Waals surface area contributed by atoms with E-state index in [0.29, 0.717) is 10.4 Å². The Hall–Kier alpha value is -1.06. The lowest BCUT2D eigenvalue weighted by molar-refractivity contribution is 0.0592. The van der Waals surface area contributed by atoms with Crippen LogP contribution in [0.25, 0.3) is 0 Å². The number of carbonyl (C=O) groups excluding carboxylic acids is 1. The number of hydrogen-bond acceptors (Lipinski definition) is 2. The van der Waals surface area contributed by atoms with Crippen molar-refractivity contribution in [3.8, 4) is 0 Å². The van der Waals surface area contributed by atoms with Gasteiger partial charge in [-0.2, -0.15) is 0 Å². The lowest BCUT2D eigenvalue weighted by Gasteiger charge is -2.37. The van der Waals surface area contributed by atoms with Crippen molar-refractivity contribution in [3.05, 3.63) is 34.9 Å². The van der Waals surface area contributed by atoms with Gasteiger partial charge >= 0.3 is 0 Å². The van der Waals surface area contributed by atoms with Gasteiger partial charge in [0, 0.05) is 43.3 Å². The first kappa shape index (κ1) is 15.3. The number of piperazine rings is 1. The maximum atomic E-state index is 12.4. The summed E-state index contributed by atoms with van der Waals surface area (Å²) in [7, 11) is 0. The van der Waals surface area contributed by atoms with Gasteiger partial charge in [-0.1, -0.05) is 32.4 Å². The highest BCUT2D eigenvalue weighted by atomic mass is 35.5. The van der Waals surface area contributed by atoms with Crippen LogP contribution in [-0.2, 0) is 0 Å². The number of halogens is 1. The standard InChI is InChI=1S/C16H23ClN2O/c1-16(2,3)12-18-8-10-19(11-9-18)15(20)13-4-6-14(17)7-5-13/h4-7H,8-12H2,1-3H3. The Kier molecular flexibility index (Phi) is 4.71. The van der Waals surface area contributed by atoms with Crippen LogP contribution in [0.1, 0.15) is 31.1 Å². The predicted octanol–water partition coefficient (Wildman–Crippen LogP) is 3.14. The van der Waals surface area contributed by atoms with Crippen LogP contribution in [0.2, 0.25) is 5.02 Å². The van der Waals surface area contributed by atoms with E-state index in [-0.39, 0.29) is 5.91 Å². The minimum absolute atomic E-state index is 0.108. The summed E-state index contributed by atoms with van der Waals surface area (Å²) in [4.78, 5) is 16.7. The van der Waals surface area contributed by atoms with E-state index in [9.17, 15) is 4.79 Å². The molecule has 0 N–H and O–H groups in total. The fraction of sp³-hybridized carbons (Fsp3) is 0.562. The van der Waals surface area contributed by atoms with E-state index in [1.807, 2.05) is 4.90 Å². The molecule has 110 valence electrons. The van der Waals surface area contributed by atoms with E-state index >= 15 is 0 Å². The maximum Gasteiger partial charge on any atom is 0.253 e. The molecular weight excluding hydrogens is 272 g/mol. The Morgan fingerprint density at radius 3 is 2.15 bits per heavy atom. The zero-order valence-electron chi connectivity index (χ0n) is 12.5. The highest BCUT2D eigenvalue weighted by molar-refractivity contribution is 6.30. The maximum absolute atomic E-state index is 12.4. The molecule has 1 heterocycles. The highest BCUT2D eigenvalue weighted by Crippen LogP contribution is 2.17. The molecule has 0 aliphatic carbocycles. The monoisotopic (exact) mass is 294 g/mol. The summed E-state index contributed by atoms with van der Waals surface area (Å²) in [6.07, 6.45) is 0. The van der Waals surface area contributed by atoms with Crippen LogP contribution < -0.4 is 0 Å². The van der Waals surface area contributed by atoms with Gasteiger partial charge in [0.15, 0.2) is 0 Å². The van der Waals surface area contributed by atoms with Crippen LogP contribution in [0.15, 0.2) is 24.3 Å². The van der Waals surface area contributed by atoms with E-state index in [1.165, 1.54) is 0 Å². The van der Waals surface area contributed by atoms with Gasteiger partial charge in [0.05, 0.1) is 0 Å². The van der Waals surface area contributed by atoms with E-state index in [4.69, 9.17) is 11.6 Å². The summed E-state index contributed by atoms with van der Waals surface area (Å²) >= 11 is 5.85. The van der Waals surface area contributed by atoms with Crippen LogP contribution in [0.5, 0.6) is 0 Å². The smallest absolute Gasteiger partial charge is 0.253 e. The second-order valence-electron chi connectivity index (χ2n) is 6.64. The molecular formula is C16H23ClN2O. The Balaban J connectivity index is 1.90. The lowest BCUT2D eigenvalue weighted by atomic mass is 9.96. The van der Waals surface area contributed by atoms with Crippen molar-refractivity contribution in [1.29, 1.82) is 0 Å². The number of carbonyl (C=O) groups is 1. The van der Waals surface area contributed by atoms with Crippen molar-refractivity contribution in [3.63, 3.8) is 0 Å². The topological polar surface area (TPSA) is 23.6 Å². The van der Waals surface area contributed by atoms with E-state index in [0.717, 1.165) is 38.3 Å². The third kappa shape index (κ3) is 4.22. The molecule has 4 heteroatoms. The molecule has 0 radical (unpaired) electrons. The summed E-state index contributed by atoms with van der Waals surface area (Å²) in [6.45, 7) is 11.3. The van der Waals surface area contributed by atoms with Gasteiger partial charge in [-0.05, 0) is 29.7 Å². The molecule has 1 aliphatic rings. The second kappa shape index (κ2) is 6.15. The minimum Gasteiger partial charge on any atom is -0.336 e. The highest BCUT2D eigenvalue weighted by Gasteiger charge is 2.24. The van der Waals surface area contributed by atoms with Crippen LogP contribution in [0, 0.1) is 5.41 Å². The van der Waals surface area contributed by atoms with Crippen molar-refractivity contribution in [2.24, 2.45) is 5.41 Å². The molecule has 0 atom stereocenters. The molecule has 0 unspecified atom stereocenters. The number of benzene rings is 1. The zero-order valence-corrected chi connectivity index (χ0v) is 13.3. The Bertz CT molecular complexity index is 456. The first-order valence-electron chi connectivity index (χ1n) is 7.12. The molecule has 1 aliphatic heterocycles. The fourth-order valence-electron chi connectivity index (χ4n) is 2.55. The molecule has 2 rings (SSSR count). The minimum atomic E-state index is 0.108. The van der Waals surface area contributed by atoms with Gasteiger partial charge < -0.3 is 4.90 Å². The normalized spacial score (nSPS) is 17.3. The third-order valence-corrected chi connectivity index (χ3v) is 3.70. The Morgan fingerprint density at radius 2 is 1.65 bits per heavy atom. The van der Waals surface area contributed by atoms with Crippen molar-refractivity contribution in [1.82, 2.24) is 9.80 Å². The summed E-state index contributed by atoms with van der Waals surface area (Å²) in [5, 5.41) is 0.663. The molecule has 0 aromatic heterocycles. The number of amides is 1. The van der Waals surface area contributed by atoms with E-state index in [1.54, 1.807) is 24.3 Å². The van der Waals surface area contributed by atoms with Gasteiger partial charge in [-0.3, -0.25) is 9.69 Å². The van der Waals surface area contributed by atoms with Crippen LogP contribution in [0.3, 0.4) is 0 Å². The quantitative estimate of drug-likeness (QED) is 0.836. The average Bonchev–Trinajstić information content (AvgIpc) is 2.38. The molecule has 1 aromatic carbocycles. The van der Waals surface area contributed by atoms with Crippen molar-refractivity contribution >= 4 is 17.5 Å². The van der Waals surface area contributed by atoms with Gasteiger partial charge in [0.2, 0.25) is 0 Å². The summed E-state index contributed by atoms with van der Waals surface area (Å²) in [6, 6.07) is 7.13. The largest absolute Gasteiger partial charge is 0.336 e. The van der Waals surface area contributed by atoms with Crippen molar-refractivity contribution < 1.29 is 4.79 Å². The first-order chi connectivity index (χ1) is 9.35. The molecule has 0 spiro atoms. The molecule has 1 fully saturated rings. The fourth-order valence-corrected chi connectivity index (χ4v) is 2.68. The van der Waals surface area contributed by atoms with Crippen LogP contribution in [0.4, 0.5) is 0 Å². The van der Waals surface area contributed by atoms with Crippen LogP contribution >= 0.6 is 11.6 Å². The number of rotatable bonds is 2. The molecule has 0 bridgehead atoms. The van der Waals surface area contributed by atoms with Gasteiger partial charge in [0.25, 0.3) is 5.91 Å². The molecule has 0 saturated carbocycles. The number of hydrogen-bond donors (Lipinski definition) is 0. The molecule has 1 amide bonds. The van der Waals surface area contributed by atoms with Gasteiger partial charge in [-0.15, -0.1) is 0 Å². The average molecular weight is 295 g/mol. The van der Waals surface area contributed by atoms with Crippen molar-refractivity contribution in [2.75, 3.05) is 32.7 Å². The van der Waals surface area contributed by atoms with Crippen molar-refractivity contribution in [2.45, 2.75) is 20.8 Å². The molecule has 1 aromatic rings.